The molecule has 0 aliphatic heterocycles. The predicted octanol–water partition coefficient (Wildman–Crippen LogP) is 1.04. The maximum atomic E-state index is 10.6. The van der Waals surface area contributed by atoms with E-state index in [4.69, 9.17) is 5.41 Å². The second kappa shape index (κ2) is 4.31. The van der Waals surface area contributed by atoms with E-state index in [9.17, 15) is 4.79 Å². The van der Waals surface area contributed by atoms with Crippen molar-refractivity contribution in [1.82, 2.24) is 4.57 Å². The second-order valence-corrected chi connectivity index (χ2v) is 2.93. The molecule has 1 heterocycles. The van der Waals surface area contributed by atoms with Gasteiger partial charge in [0.2, 0.25) is 0 Å². The lowest BCUT2D eigenvalue weighted by Gasteiger charge is -1.94. The minimum absolute atomic E-state index is 0. The molecular weight excluding hydrogens is 184 g/mol. The molecule has 0 aliphatic carbocycles. The Hall–Kier alpha value is -0.610. The van der Waals surface area contributed by atoms with Gasteiger partial charge in [0.1, 0.15) is 5.78 Å². The van der Waals surface area contributed by atoms with Gasteiger partial charge in [-0.3, -0.25) is 10.2 Å². The summed E-state index contributed by atoms with van der Waals surface area (Å²) >= 11 is 1.32. The molecule has 0 unspecified atom stereocenters. The molecule has 0 radical (unpaired) electrons. The van der Waals surface area contributed by atoms with Crippen molar-refractivity contribution in [3.63, 3.8) is 0 Å². The number of Topliss-reactive ketones (excluding diaryl/α,β-unsaturated/α-hetero) is 1. The molecule has 0 aliphatic rings. The van der Waals surface area contributed by atoms with Crippen LogP contribution in [0.3, 0.4) is 0 Å². The summed E-state index contributed by atoms with van der Waals surface area (Å²) in [6, 6.07) is 0. The van der Waals surface area contributed by atoms with Crippen molar-refractivity contribution in [2.75, 3.05) is 0 Å². The fourth-order valence-corrected chi connectivity index (χ4v) is 1.27. The van der Waals surface area contributed by atoms with E-state index in [0.29, 0.717) is 11.3 Å². The van der Waals surface area contributed by atoms with Crippen LogP contribution in [0, 0.1) is 5.41 Å². The number of rotatable bonds is 2. The van der Waals surface area contributed by atoms with Crippen LogP contribution in [0.5, 0.6) is 0 Å². The van der Waals surface area contributed by atoms with Crippen LogP contribution in [0.25, 0.3) is 0 Å². The van der Waals surface area contributed by atoms with E-state index >= 15 is 0 Å². The van der Waals surface area contributed by atoms with Crippen LogP contribution < -0.4 is 4.80 Å². The van der Waals surface area contributed by atoms with Crippen molar-refractivity contribution >= 4 is 29.5 Å². The Balaban J connectivity index is 0.000001000. The number of aromatic nitrogens is 1. The van der Waals surface area contributed by atoms with Crippen molar-refractivity contribution in [1.29, 1.82) is 5.41 Å². The van der Waals surface area contributed by atoms with Gasteiger partial charge in [-0.1, -0.05) is 0 Å². The largest absolute Gasteiger partial charge is 0.317 e. The zero-order chi connectivity index (χ0) is 7.56. The fourth-order valence-electron chi connectivity index (χ4n) is 0.668. The monoisotopic (exact) mass is 192 g/mol. The van der Waals surface area contributed by atoms with Gasteiger partial charge in [0.25, 0.3) is 0 Å². The zero-order valence-electron chi connectivity index (χ0n) is 6.03. The molecule has 0 saturated carbocycles. The topological polar surface area (TPSA) is 45.9 Å². The number of ketones is 1. The first-order valence-corrected chi connectivity index (χ1v) is 3.76. The smallest absolute Gasteiger partial charge is 0.182 e. The lowest BCUT2D eigenvalue weighted by atomic mass is 10.4. The Bertz CT molecular complexity index is 291. The van der Waals surface area contributed by atoms with Gasteiger partial charge in [0, 0.05) is 11.6 Å². The maximum absolute atomic E-state index is 10.6. The van der Waals surface area contributed by atoms with E-state index in [2.05, 4.69) is 0 Å². The minimum Gasteiger partial charge on any atom is -0.317 e. The molecule has 0 spiro atoms. The molecule has 0 saturated heterocycles. The van der Waals surface area contributed by atoms with Crippen LogP contribution in [0.15, 0.2) is 11.6 Å². The third-order valence-electron chi connectivity index (χ3n) is 1.07. The molecule has 3 nitrogen and oxygen atoms in total. The molecule has 1 rings (SSSR count). The van der Waals surface area contributed by atoms with Crippen LogP contribution in [-0.4, -0.2) is 10.4 Å². The van der Waals surface area contributed by atoms with Gasteiger partial charge in [-0.05, 0) is 6.92 Å². The summed E-state index contributed by atoms with van der Waals surface area (Å²) in [7, 11) is 0. The first-order chi connectivity index (χ1) is 4.70. The van der Waals surface area contributed by atoms with E-state index in [0.717, 1.165) is 0 Å². The van der Waals surface area contributed by atoms with Crippen LogP contribution in [0.4, 0.5) is 0 Å². The summed E-state index contributed by atoms with van der Waals surface area (Å²) in [5, 5.41) is 9.07. The number of halogens is 1. The van der Waals surface area contributed by atoms with E-state index in [1.54, 1.807) is 16.1 Å². The number of carbonyl (C=O) groups excluding carboxylic acids is 1. The zero-order valence-corrected chi connectivity index (χ0v) is 7.67. The predicted molar refractivity (Wildman–Crippen MR) is 46.1 cm³/mol. The van der Waals surface area contributed by atoms with Gasteiger partial charge in [0.05, 0.1) is 6.54 Å². The summed E-state index contributed by atoms with van der Waals surface area (Å²) in [5.74, 6) is 0.0805. The molecular formula is C6H9ClN2OS. The standard InChI is InChI=1S/C6H8N2OS.ClH/c1-5(9)4-8-2-3-10-6(8)7;/h2-3,7H,4H2,1H3;1H. The summed E-state index contributed by atoms with van der Waals surface area (Å²) in [5.41, 5.74) is 0. The van der Waals surface area contributed by atoms with Gasteiger partial charge in [-0.25, -0.2) is 0 Å². The van der Waals surface area contributed by atoms with Crippen molar-refractivity contribution in [3.8, 4) is 0 Å². The van der Waals surface area contributed by atoms with E-state index in [1.807, 2.05) is 0 Å². The third kappa shape index (κ3) is 2.86. The highest BCUT2D eigenvalue weighted by atomic mass is 35.5. The number of hydrogen-bond acceptors (Lipinski definition) is 3. The van der Waals surface area contributed by atoms with Crippen molar-refractivity contribution < 1.29 is 4.79 Å². The number of carbonyl (C=O) groups is 1. The second-order valence-electron chi connectivity index (χ2n) is 2.04. The van der Waals surface area contributed by atoms with Gasteiger partial charge in [-0.15, -0.1) is 23.7 Å². The van der Waals surface area contributed by atoms with Crippen LogP contribution in [0.1, 0.15) is 6.92 Å². The Morgan fingerprint density at radius 1 is 1.82 bits per heavy atom. The number of hydrogen-bond donors (Lipinski definition) is 1. The summed E-state index contributed by atoms with van der Waals surface area (Å²) in [6.45, 7) is 1.84. The van der Waals surface area contributed by atoms with Crippen molar-refractivity contribution in [2.24, 2.45) is 0 Å². The van der Waals surface area contributed by atoms with E-state index in [-0.39, 0.29) is 18.2 Å². The van der Waals surface area contributed by atoms with E-state index < -0.39 is 0 Å². The highest BCUT2D eigenvalue weighted by Gasteiger charge is 1.95. The lowest BCUT2D eigenvalue weighted by Crippen LogP contribution is -2.16. The minimum atomic E-state index is 0. The lowest BCUT2D eigenvalue weighted by molar-refractivity contribution is -0.117. The van der Waals surface area contributed by atoms with Crippen LogP contribution in [-0.2, 0) is 11.3 Å². The van der Waals surface area contributed by atoms with Gasteiger partial charge in [0.15, 0.2) is 4.80 Å². The summed E-state index contributed by atoms with van der Waals surface area (Å²) < 4.78 is 1.62. The number of nitrogens with zero attached hydrogens (tertiary/aromatic N) is 1. The molecule has 11 heavy (non-hydrogen) atoms. The van der Waals surface area contributed by atoms with Gasteiger partial charge < -0.3 is 4.57 Å². The van der Waals surface area contributed by atoms with Crippen LogP contribution in [0.2, 0.25) is 0 Å². The first kappa shape index (κ1) is 10.4. The summed E-state index contributed by atoms with van der Waals surface area (Å²) in [4.78, 5) is 11.0. The third-order valence-corrected chi connectivity index (χ3v) is 1.79. The van der Waals surface area contributed by atoms with Gasteiger partial charge >= 0.3 is 0 Å². The SMILES string of the molecule is CC(=O)Cn1ccsc1=N.Cl. The Morgan fingerprint density at radius 2 is 2.45 bits per heavy atom. The molecule has 0 aromatic carbocycles. The normalized spacial score (nSPS) is 8.82. The molecule has 62 valence electrons. The molecule has 1 aromatic heterocycles. The maximum Gasteiger partial charge on any atom is 0.182 e. The summed E-state index contributed by atoms with van der Waals surface area (Å²) in [6.07, 6.45) is 1.74. The molecule has 5 heteroatoms. The average molecular weight is 193 g/mol. The quantitative estimate of drug-likeness (QED) is 0.748. The van der Waals surface area contributed by atoms with Gasteiger partial charge in [-0.2, -0.15) is 0 Å². The molecule has 1 N–H and O–H groups in total. The average Bonchev–Trinajstić information content (AvgIpc) is 2.15. The first-order valence-electron chi connectivity index (χ1n) is 2.88. The Labute approximate surface area is 74.6 Å². The van der Waals surface area contributed by atoms with Crippen molar-refractivity contribution in [3.05, 3.63) is 16.4 Å². The number of nitrogens with one attached hydrogen (secondary N) is 1. The molecule has 0 amide bonds. The molecule has 1 aromatic rings. The molecule has 0 fully saturated rings. The highest BCUT2D eigenvalue weighted by molar-refractivity contribution is 7.06. The Kier molecular flexibility index (Phi) is 4.07. The number of thiazole rings is 1. The van der Waals surface area contributed by atoms with Crippen LogP contribution >= 0.6 is 23.7 Å². The molecule has 0 bridgehead atoms. The van der Waals surface area contributed by atoms with E-state index in [1.165, 1.54) is 18.3 Å². The fraction of sp³-hybridized carbons (Fsp3) is 0.333. The van der Waals surface area contributed by atoms with Crippen molar-refractivity contribution in [2.45, 2.75) is 13.5 Å². The Morgan fingerprint density at radius 3 is 2.82 bits per heavy atom. The highest BCUT2D eigenvalue weighted by Crippen LogP contribution is 1.88. The molecule has 0 atom stereocenters.